The molecule has 2 N–H and O–H groups in total. The normalized spacial score (nSPS) is 21.9. The van der Waals surface area contributed by atoms with Gasteiger partial charge in [0.15, 0.2) is 0 Å². The highest BCUT2D eigenvalue weighted by Gasteiger charge is 2.54. The van der Waals surface area contributed by atoms with Gasteiger partial charge in [0.25, 0.3) is 5.91 Å². The standard InChI is InChI=1S/C16H15N5O5S2/c17-20-18-6-9-7-27-15-12(14(23)21(15)13(9)16(24)25)19-11(22)8-28(26)10-4-2-1-3-5-10/h1-5,12,15H,6-8H2,(H,19,22)(H,24,25)/t12?,15-,28?/m1/s1. The molecule has 0 spiro atoms. The maximum absolute atomic E-state index is 12.4. The summed E-state index contributed by atoms with van der Waals surface area (Å²) in [5.41, 5.74) is 8.56. The molecule has 12 heteroatoms. The summed E-state index contributed by atoms with van der Waals surface area (Å²) in [5, 5.41) is 14.8. The average molecular weight is 421 g/mol. The highest BCUT2D eigenvalue weighted by Crippen LogP contribution is 2.40. The van der Waals surface area contributed by atoms with Crippen LogP contribution in [0.1, 0.15) is 0 Å². The van der Waals surface area contributed by atoms with Crippen molar-refractivity contribution in [3.05, 3.63) is 52.0 Å². The fourth-order valence-corrected chi connectivity index (χ4v) is 5.20. The first-order valence-electron chi connectivity index (χ1n) is 8.07. The molecule has 28 heavy (non-hydrogen) atoms. The number of nitrogens with one attached hydrogen (secondary N) is 1. The molecule has 0 bridgehead atoms. The molecular formula is C16H15N5O5S2. The second-order valence-corrected chi connectivity index (χ2v) is 8.46. The first kappa shape index (κ1) is 19.9. The molecule has 0 saturated carbocycles. The lowest BCUT2D eigenvalue weighted by Crippen LogP contribution is -2.70. The lowest BCUT2D eigenvalue weighted by atomic mass is 10.0. The molecule has 1 aromatic carbocycles. The van der Waals surface area contributed by atoms with Gasteiger partial charge < -0.3 is 10.4 Å². The fraction of sp³-hybridized carbons (Fsp3) is 0.312. The first-order valence-corrected chi connectivity index (χ1v) is 10.4. The van der Waals surface area contributed by atoms with Gasteiger partial charge in [0, 0.05) is 15.6 Å². The predicted molar refractivity (Wildman–Crippen MR) is 101 cm³/mol. The van der Waals surface area contributed by atoms with Crippen LogP contribution in [0.25, 0.3) is 10.4 Å². The van der Waals surface area contributed by atoms with Crippen molar-refractivity contribution in [1.82, 2.24) is 10.2 Å². The van der Waals surface area contributed by atoms with Crippen LogP contribution >= 0.6 is 11.8 Å². The molecule has 3 rings (SSSR count). The van der Waals surface area contributed by atoms with Crippen molar-refractivity contribution in [3.8, 4) is 0 Å². The van der Waals surface area contributed by atoms with Gasteiger partial charge in [0.1, 0.15) is 22.9 Å². The lowest BCUT2D eigenvalue weighted by molar-refractivity contribution is -0.150. The SMILES string of the molecule is [N-]=[N+]=NCC1=C(C(=O)O)N2C(=O)C(NC(=O)CS(=O)c3ccccc3)[C@H]2SC1. The van der Waals surface area contributed by atoms with E-state index in [9.17, 15) is 23.7 Å². The van der Waals surface area contributed by atoms with Crippen molar-refractivity contribution in [3.63, 3.8) is 0 Å². The number of hydrogen-bond acceptors (Lipinski definition) is 6. The van der Waals surface area contributed by atoms with Crippen molar-refractivity contribution in [2.75, 3.05) is 18.1 Å². The number of carbonyl (C=O) groups is 3. The molecular weight excluding hydrogens is 406 g/mol. The molecule has 0 aliphatic carbocycles. The predicted octanol–water partition coefficient (Wildman–Crippen LogP) is 0.843. The number of azide groups is 1. The van der Waals surface area contributed by atoms with Gasteiger partial charge in [-0.3, -0.25) is 18.7 Å². The van der Waals surface area contributed by atoms with Crippen molar-refractivity contribution in [2.24, 2.45) is 5.11 Å². The van der Waals surface area contributed by atoms with Crippen molar-refractivity contribution in [2.45, 2.75) is 16.3 Å². The summed E-state index contributed by atoms with van der Waals surface area (Å²) in [7, 11) is -1.55. The number of thioether (sulfide) groups is 1. The number of benzene rings is 1. The van der Waals surface area contributed by atoms with E-state index in [4.69, 9.17) is 5.53 Å². The minimum absolute atomic E-state index is 0.144. The van der Waals surface area contributed by atoms with Gasteiger partial charge in [0.2, 0.25) is 5.91 Å². The number of rotatable bonds is 7. The summed E-state index contributed by atoms with van der Waals surface area (Å²) in [6, 6.07) is 7.60. The maximum Gasteiger partial charge on any atom is 0.352 e. The van der Waals surface area contributed by atoms with Crippen LogP contribution in [0.4, 0.5) is 0 Å². The van der Waals surface area contributed by atoms with Gasteiger partial charge in [-0.2, -0.15) is 0 Å². The largest absolute Gasteiger partial charge is 0.477 e. The first-order chi connectivity index (χ1) is 13.4. The van der Waals surface area contributed by atoms with E-state index in [0.29, 0.717) is 10.5 Å². The molecule has 3 atom stereocenters. The van der Waals surface area contributed by atoms with Gasteiger partial charge in [0.05, 0.1) is 17.3 Å². The Morgan fingerprint density at radius 1 is 1.39 bits per heavy atom. The molecule has 2 amide bonds. The summed E-state index contributed by atoms with van der Waals surface area (Å²) in [5.74, 6) is -2.45. The Morgan fingerprint density at radius 2 is 2.11 bits per heavy atom. The van der Waals surface area contributed by atoms with Crippen LogP contribution in [0.2, 0.25) is 0 Å². The van der Waals surface area contributed by atoms with Crippen molar-refractivity contribution < 1.29 is 23.7 Å². The van der Waals surface area contributed by atoms with Gasteiger partial charge in [-0.05, 0) is 23.2 Å². The van der Waals surface area contributed by atoms with Crippen LogP contribution in [0.15, 0.2) is 51.6 Å². The zero-order chi connectivity index (χ0) is 20.3. The third-order valence-corrected chi connectivity index (χ3v) is 6.82. The second kappa shape index (κ2) is 8.46. The summed E-state index contributed by atoms with van der Waals surface area (Å²) >= 11 is 1.27. The summed E-state index contributed by atoms with van der Waals surface area (Å²) < 4.78 is 12.2. The van der Waals surface area contributed by atoms with Gasteiger partial charge >= 0.3 is 5.97 Å². The van der Waals surface area contributed by atoms with E-state index in [1.54, 1.807) is 30.3 Å². The van der Waals surface area contributed by atoms with E-state index in [0.717, 1.165) is 4.90 Å². The molecule has 1 fully saturated rings. The summed E-state index contributed by atoms with van der Waals surface area (Å²) in [6.45, 7) is -0.144. The highest BCUT2D eigenvalue weighted by atomic mass is 32.2. The molecule has 0 aromatic heterocycles. The van der Waals surface area contributed by atoms with Gasteiger partial charge in [-0.15, -0.1) is 11.8 Å². The summed E-state index contributed by atoms with van der Waals surface area (Å²) in [6.07, 6.45) is 0. The Bertz CT molecular complexity index is 929. The Morgan fingerprint density at radius 3 is 2.75 bits per heavy atom. The van der Waals surface area contributed by atoms with E-state index in [2.05, 4.69) is 15.3 Å². The maximum atomic E-state index is 12.4. The summed E-state index contributed by atoms with van der Waals surface area (Å²) in [4.78, 5) is 40.4. The minimum Gasteiger partial charge on any atom is -0.477 e. The Balaban J connectivity index is 1.67. The van der Waals surface area contributed by atoms with Crippen LogP contribution in [0, 0.1) is 0 Å². The molecule has 1 saturated heterocycles. The highest BCUT2D eigenvalue weighted by molar-refractivity contribution is 8.00. The third kappa shape index (κ3) is 3.88. The lowest BCUT2D eigenvalue weighted by Gasteiger charge is -2.49. The van der Waals surface area contributed by atoms with Crippen LogP contribution in [0.3, 0.4) is 0 Å². The number of nitrogens with zero attached hydrogens (tertiary/aromatic N) is 4. The number of carboxylic acids is 1. The van der Waals surface area contributed by atoms with E-state index < -0.39 is 40.0 Å². The molecule has 10 nitrogen and oxygen atoms in total. The van der Waals surface area contributed by atoms with Crippen LogP contribution in [-0.4, -0.2) is 61.5 Å². The van der Waals surface area contributed by atoms with E-state index >= 15 is 0 Å². The molecule has 2 aliphatic rings. The zero-order valence-electron chi connectivity index (χ0n) is 14.3. The fourth-order valence-electron chi connectivity index (χ4n) is 2.91. The molecule has 2 heterocycles. The van der Waals surface area contributed by atoms with Crippen LogP contribution in [0.5, 0.6) is 0 Å². The van der Waals surface area contributed by atoms with E-state index in [1.165, 1.54) is 11.8 Å². The number of amides is 2. The quantitative estimate of drug-likeness (QED) is 0.288. The molecule has 2 aliphatic heterocycles. The average Bonchev–Trinajstić information content (AvgIpc) is 2.70. The van der Waals surface area contributed by atoms with Crippen LogP contribution < -0.4 is 5.32 Å². The van der Waals surface area contributed by atoms with Crippen molar-refractivity contribution in [1.29, 1.82) is 0 Å². The number of carbonyl (C=O) groups excluding carboxylic acids is 2. The topological polar surface area (TPSA) is 153 Å². The van der Waals surface area contributed by atoms with E-state index in [1.807, 2.05) is 0 Å². The zero-order valence-corrected chi connectivity index (χ0v) is 16.0. The number of β-lactam (4-membered cyclic amide) rings is 1. The Hall–Kier alpha value is -2.82. The number of aliphatic carboxylic acids is 1. The van der Waals surface area contributed by atoms with Crippen molar-refractivity contribution >= 4 is 40.3 Å². The third-order valence-electron chi connectivity index (χ3n) is 4.16. The smallest absolute Gasteiger partial charge is 0.352 e. The van der Waals surface area contributed by atoms with Gasteiger partial charge in [-0.1, -0.05) is 23.3 Å². The van der Waals surface area contributed by atoms with Gasteiger partial charge in [-0.25, -0.2) is 4.79 Å². The molecule has 1 aromatic rings. The Labute approximate surface area is 166 Å². The molecule has 2 unspecified atom stereocenters. The number of fused-ring (bicyclic) bond motifs is 1. The second-order valence-electron chi connectivity index (χ2n) is 5.90. The molecule has 0 radical (unpaired) electrons. The minimum atomic E-state index is -1.55. The number of carboxylic acid groups (broad SMARTS) is 1. The van der Waals surface area contributed by atoms with Crippen LogP contribution in [-0.2, 0) is 25.2 Å². The molecule has 146 valence electrons. The number of hydrogen-bond donors (Lipinski definition) is 2. The van der Waals surface area contributed by atoms with E-state index in [-0.39, 0.29) is 23.7 Å². The monoisotopic (exact) mass is 421 g/mol. The Kier molecular flexibility index (Phi) is 6.02.